The molecule has 0 saturated carbocycles. The SMILES string of the molecule is COc1cccc([C@H](N)c2nc(-c3ccccc3O)n[nH]2)c1. The zero-order valence-corrected chi connectivity index (χ0v) is 12.0. The minimum absolute atomic E-state index is 0.128. The molecule has 1 atom stereocenters. The molecule has 0 unspecified atom stereocenters. The van der Waals surface area contributed by atoms with E-state index in [-0.39, 0.29) is 5.75 Å². The fourth-order valence-corrected chi connectivity index (χ4v) is 2.19. The molecule has 1 heterocycles. The van der Waals surface area contributed by atoms with Crippen molar-refractivity contribution in [2.24, 2.45) is 5.73 Å². The number of rotatable bonds is 4. The summed E-state index contributed by atoms with van der Waals surface area (Å²) in [6.45, 7) is 0. The smallest absolute Gasteiger partial charge is 0.184 e. The number of para-hydroxylation sites is 1. The molecule has 0 saturated heterocycles. The van der Waals surface area contributed by atoms with E-state index in [2.05, 4.69) is 15.2 Å². The van der Waals surface area contributed by atoms with Crippen molar-refractivity contribution in [3.05, 3.63) is 59.9 Å². The molecule has 112 valence electrons. The summed E-state index contributed by atoms with van der Waals surface area (Å²) in [5, 5.41) is 16.8. The Kier molecular flexibility index (Phi) is 3.76. The molecule has 0 spiro atoms. The Morgan fingerprint density at radius 3 is 2.77 bits per heavy atom. The number of nitrogens with two attached hydrogens (primary N) is 1. The molecule has 0 amide bonds. The number of nitrogens with zero attached hydrogens (tertiary/aromatic N) is 2. The van der Waals surface area contributed by atoms with Crippen molar-refractivity contribution in [2.75, 3.05) is 7.11 Å². The quantitative estimate of drug-likeness (QED) is 0.686. The van der Waals surface area contributed by atoms with E-state index in [1.807, 2.05) is 30.3 Å². The minimum Gasteiger partial charge on any atom is -0.507 e. The maximum absolute atomic E-state index is 9.86. The van der Waals surface area contributed by atoms with Crippen LogP contribution in [0.25, 0.3) is 11.4 Å². The lowest BCUT2D eigenvalue weighted by Gasteiger charge is -2.09. The van der Waals surface area contributed by atoms with Gasteiger partial charge < -0.3 is 15.6 Å². The van der Waals surface area contributed by atoms with E-state index in [1.165, 1.54) is 0 Å². The van der Waals surface area contributed by atoms with E-state index < -0.39 is 6.04 Å². The second kappa shape index (κ2) is 5.87. The van der Waals surface area contributed by atoms with E-state index in [1.54, 1.807) is 25.3 Å². The first kappa shape index (κ1) is 14.1. The third-order valence-electron chi connectivity index (χ3n) is 3.40. The van der Waals surface area contributed by atoms with E-state index in [0.717, 1.165) is 11.3 Å². The predicted molar refractivity (Wildman–Crippen MR) is 82.5 cm³/mol. The normalized spacial score (nSPS) is 12.1. The van der Waals surface area contributed by atoms with Crippen molar-refractivity contribution in [3.63, 3.8) is 0 Å². The van der Waals surface area contributed by atoms with Gasteiger partial charge in [0.25, 0.3) is 0 Å². The first-order valence-corrected chi connectivity index (χ1v) is 6.79. The van der Waals surface area contributed by atoms with Crippen LogP contribution in [0.2, 0.25) is 0 Å². The Morgan fingerprint density at radius 1 is 1.18 bits per heavy atom. The number of ether oxygens (including phenoxy) is 1. The van der Waals surface area contributed by atoms with Crippen molar-refractivity contribution in [2.45, 2.75) is 6.04 Å². The number of hydrogen-bond donors (Lipinski definition) is 3. The average molecular weight is 296 g/mol. The lowest BCUT2D eigenvalue weighted by molar-refractivity contribution is 0.414. The number of nitrogens with one attached hydrogen (secondary N) is 1. The van der Waals surface area contributed by atoms with Crippen molar-refractivity contribution >= 4 is 0 Å². The monoisotopic (exact) mass is 296 g/mol. The van der Waals surface area contributed by atoms with Crippen LogP contribution in [0.1, 0.15) is 17.4 Å². The molecule has 0 aliphatic rings. The summed E-state index contributed by atoms with van der Waals surface area (Å²) in [6, 6.07) is 13.9. The zero-order valence-electron chi connectivity index (χ0n) is 12.0. The highest BCUT2D eigenvalue weighted by atomic mass is 16.5. The van der Waals surface area contributed by atoms with Gasteiger partial charge in [-0.25, -0.2) is 4.98 Å². The Balaban J connectivity index is 1.91. The van der Waals surface area contributed by atoms with Gasteiger partial charge in [-0.3, -0.25) is 5.10 Å². The van der Waals surface area contributed by atoms with E-state index in [0.29, 0.717) is 17.2 Å². The number of phenols is 1. The van der Waals surface area contributed by atoms with Gasteiger partial charge in [-0.2, -0.15) is 5.10 Å². The number of benzene rings is 2. The third-order valence-corrected chi connectivity index (χ3v) is 3.40. The topological polar surface area (TPSA) is 97.1 Å². The Bertz CT molecular complexity index is 785. The number of aromatic hydroxyl groups is 1. The van der Waals surface area contributed by atoms with Gasteiger partial charge in [-0.1, -0.05) is 24.3 Å². The molecule has 4 N–H and O–H groups in total. The van der Waals surface area contributed by atoms with E-state index in [9.17, 15) is 5.11 Å². The molecule has 1 aromatic heterocycles. The Morgan fingerprint density at radius 2 is 2.00 bits per heavy atom. The molecule has 6 nitrogen and oxygen atoms in total. The van der Waals surface area contributed by atoms with Crippen molar-refractivity contribution in [1.29, 1.82) is 0 Å². The number of aromatic amines is 1. The van der Waals surface area contributed by atoms with Gasteiger partial charge in [0, 0.05) is 0 Å². The molecule has 6 heteroatoms. The molecule has 3 rings (SSSR count). The molecule has 3 aromatic rings. The van der Waals surface area contributed by atoms with Gasteiger partial charge in [-0.15, -0.1) is 0 Å². The highest BCUT2D eigenvalue weighted by Crippen LogP contribution is 2.27. The van der Waals surface area contributed by atoms with Gasteiger partial charge >= 0.3 is 0 Å². The average Bonchev–Trinajstić information content (AvgIpc) is 3.04. The Labute approximate surface area is 127 Å². The molecule has 0 aliphatic carbocycles. The van der Waals surface area contributed by atoms with Gasteiger partial charge in [0.1, 0.15) is 17.3 Å². The summed E-state index contributed by atoms with van der Waals surface area (Å²) in [7, 11) is 1.61. The number of hydrogen-bond acceptors (Lipinski definition) is 5. The van der Waals surface area contributed by atoms with Crippen LogP contribution in [0.15, 0.2) is 48.5 Å². The minimum atomic E-state index is -0.456. The van der Waals surface area contributed by atoms with Crippen molar-refractivity contribution in [1.82, 2.24) is 15.2 Å². The van der Waals surface area contributed by atoms with Crippen LogP contribution >= 0.6 is 0 Å². The maximum Gasteiger partial charge on any atom is 0.184 e. The third kappa shape index (κ3) is 2.64. The summed E-state index contributed by atoms with van der Waals surface area (Å²) in [4.78, 5) is 4.38. The van der Waals surface area contributed by atoms with Crippen LogP contribution in [-0.2, 0) is 0 Å². The molecular weight excluding hydrogens is 280 g/mol. The molecule has 0 bridgehead atoms. The molecule has 2 aromatic carbocycles. The zero-order chi connectivity index (χ0) is 15.5. The molecular formula is C16H16N4O2. The van der Waals surface area contributed by atoms with E-state index >= 15 is 0 Å². The molecule has 0 fully saturated rings. The Hall–Kier alpha value is -2.86. The van der Waals surface area contributed by atoms with E-state index in [4.69, 9.17) is 10.5 Å². The molecule has 0 radical (unpaired) electrons. The van der Waals surface area contributed by atoms with Crippen LogP contribution in [0.5, 0.6) is 11.5 Å². The van der Waals surface area contributed by atoms with Crippen LogP contribution in [0.3, 0.4) is 0 Å². The fraction of sp³-hybridized carbons (Fsp3) is 0.125. The first-order valence-electron chi connectivity index (χ1n) is 6.79. The number of methoxy groups -OCH3 is 1. The lowest BCUT2D eigenvalue weighted by Crippen LogP contribution is -2.13. The molecule has 22 heavy (non-hydrogen) atoms. The fourth-order valence-electron chi connectivity index (χ4n) is 2.19. The summed E-state index contributed by atoms with van der Waals surface area (Å²) >= 11 is 0. The van der Waals surface area contributed by atoms with Gasteiger partial charge in [-0.05, 0) is 29.8 Å². The van der Waals surface area contributed by atoms with Crippen LogP contribution in [-0.4, -0.2) is 27.4 Å². The molecule has 0 aliphatic heterocycles. The second-order valence-corrected chi connectivity index (χ2v) is 4.82. The lowest BCUT2D eigenvalue weighted by atomic mass is 10.1. The van der Waals surface area contributed by atoms with Crippen molar-refractivity contribution < 1.29 is 9.84 Å². The summed E-state index contributed by atoms with van der Waals surface area (Å²) in [5.41, 5.74) is 7.64. The van der Waals surface area contributed by atoms with Crippen molar-refractivity contribution in [3.8, 4) is 22.9 Å². The van der Waals surface area contributed by atoms with Crippen LogP contribution < -0.4 is 10.5 Å². The van der Waals surface area contributed by atoms with Gasteiger partial charge in [0.2, 0.25) is 0 Å². The highest BCUT2D eigenvalue weighted by molar-refractivity contribution is 5.63. The summed E-state index contributed by atoms with van der Waals surface area (Å²) < 4.78 is 5.20. The standard InChI is InChI=1S/C16H16N4O2/c1-22-11-6-4-5-10(9-11)14(17)16-18-15(19-20-16)12-7-2-3-8-13(12)21/h2-9,14,21H,17H2,1H3,(H,18,19,20)/t14-/m0/s1. The second-order valence-electron chi connectivity index (χ2n) is 4.82. The predicted octanol–water partition coefficient (Wildman–Crippen LogP) is 2.23. The van der Waals surface area contributed by atoms with Gasteiger partial charge in [0.05, 0.1) is 18.7 Å². The summed E-state index contributed by atoms with van der Waals surface area (Å²) in [5.74, 6) is 1.79. The van der Waals surface area contributed by atoms with Gasteiger partial charge in [0.15, 0.2) is 5.82 Å². The number of aromatic nitrogens is 3. The highest BCUT2D eigenvalue weighted by Gasteiger charge is 2.16. The maximum atomic E-state index is 9.86. The number of phenolic OH excluding ortho intramolecular Hbond substituents is 1. The van der Waals surface area contributed by atoms with Crippen LogP contribution in [0.4, 0.5) is 0 Å². The van der Waals surface area contributed by atoms with Crippen LogP contribution in [0, 0.1) is 0 Å². The summed E-state index contributed by atoms with van der Waals surface area (Å²) in [6.07, 6.45) is 0. The number of H-pyrrole nitrogens is 1. The largest absolute Gasteiger partial charge is 0.507 e. The first-order chi connectivity index (χ1) is 10.7.